The minimum atomic E-state index is -1.64. The van der Waals surface area contributed by atoms with Gasteiger partial charge in [0.2, 0.25) is 0 Å². The first kappa shape index (κ1) is 52.5. The predicted molar refractivity (Wildman–Crippen MR) is 227 cm³/mol. The number of rotatable bonds is 37. The van der Waals surface area contributed by atoms with Crippen LogP contribution in [0.3, 0.4) is 0 Å². The van der Waals surface area contributed by atoms with Gasteiger partial charge in [0, 0.05) is 12.8 Å². The molecule has 0 aliphatic carbocycles. The number of hydrogen-bond donors (Lipinski definition) is 0. The number of allylic oxidation sites excluding steroid dienone is 14. The highest BCUT2D eigenvalue weighted by Gasteiger charge is 2.21. The number of carbonyl (C=O) groups is 3. The molecule has 0 bridgehead atoms. The quantitative estimate of drug-likeness (QED) is 0.0202. The van der Waals surface area contributed by atoms with E-state index in [4.69, 9.17) is 18.9 Å². The van der Waals surface area contributed by atoms with Gasteiger partial charge in [0.1, 0.15) is 13.2 Å². The van der Waals surface area contributed by atoms with Crippen LogP contribution >= 0.6 is 0 Å². The van der Waals surface area contributed by atoms with Crippen LogP contribution in [0.15, 0.2) is 85.1 Å². The van der Waals surface area contributed by atoms with Crippen molar-refractivity contribution in [2.24, 2.45) is 0 Å². The Morgan fingerprint density at radius 1 is 0.554 bits per heavy atom. The molecule has 2 atom stereocenters. The van der Waals surface area contributed by atoms with Gasteiger partial charge in [-0.3, -0.25) is 9.59 Å². The maximum Gasteiger partial charge on any atom is 0.306 e. The van der Waals surface area contributed by atoms with Crippen LogP contribution in [-0.2, 0) is 33.3 Å². The van der Waals surface area contributed by atoms with Gasteiger partial charge in [-0.1, -0.05) is 144 Å². The van der Waals surface area contributed by atoms with Crippen LogP contribution in [0, 0.1) is 0 Å². The lowest BCUT2D eigenvalue weighted by atomic mass is 10.1. The summed E-state index contributed by atoms with van der Waals surface area (Å²) in [5.41, 5.74) is 0. The van der Waals surface area contributed by atoms with Gasteiger partial charge in [-0.05, 0) is 64.2 Å². The van der Waals surface area contributed by atoms with E-state index in [1.165, 1.54) is 32.1 Å². The summed E-state index contributed by atoms with van der Waals surface area (Å²) in [5, 5.41) is 11.6. The van der Waals surface area contributed by atoms with Gasteiger partial charge in [-0.15, -0.1) is 0 Å². The molecule has 0 aromatic heterocycles. The Balaban J connectivity index is 4.52. The molecule has 56 heavy (non-hydrogen) atoms. The van der Waals surface area contributed by atoms with Gasteiger partial charge in [0.25, 0.3) is 0 Å². The van der Waals surface area contributed by atoms with E-state index in [1.807, 2.05) is 27.2 Å². The molecule has 0 N–H and O–H groups in total. The molecule has 9 heteroatoms. The second-order valence-electron chi connectivity index (χ2n) is 14.9. The molecular weight excluding hydrogens is 707 g/mol. The molecule has 0 aromatic rings. The first-order chi connectivity index (χ1) is 27.1. The maximum absolute atomic E-state index is 12.7. The summed E-state index contributed by atoms with van der Waals surface area (Å²) in [7, 11) is 5.87. The number of aliphatic carboxylic acids is 1. The number of nitrogens with zero attached hydrogens (tertiary/aromatic N) is 1. The van der Waals surface area contributed by atoms with Crippen molar-refractivity contribution in [1.29, 1.82) is 0 Å². The molecule has 0 saturated carbocycles. The van der Waals surface area contributed by atoms with Gasteiger partial charge in [0.15, 0.2) is 12.4 Å². The van der Waals surface area contributed by atoms with Gasteiger partial charge in [-0.2, -0.15) is 0 Å². The first-order valence-corrected chi connectivity index (χ1v) is 21.2. The molecule has 2 unspecified atom stereocenters. The molecule has 318 valence electrons. The number of quaternary nitrogens is 1. The van der Waals surface area contributed by atoms with Crippen molar-refractivity contribution in [3.05, 3.63) is 85.1 Å². The van der Waals surface area contributed by atoms with E-state index < -0.39 is 24.3 Å². The Kier molecular flexibility index (Phi) is 35.9. The van der Waals surface area contributed by atoms with Crippen molar-refractivity contribution < 1.29 is 42.9 Å². The summed E-state index contributed by atoms with van der Waals surface area (Å²) in [6.45, 7) is 4.48. The van der Waals surface area contributed by atoms with Crippen LogP contribution in [0.1, 0.15) is 136 Å². The van der Waals surface area contributed by atoms with Crippen LogP contribution in [0.5, 0.6) is 0 Å². The fourth-order valence-corrected chi connectivity index (χ4v) is 5.11. The number of ether oxygens (including phenoxy) is 4. The molecule has 0 heterocycles. The van der Waals surface area contributed by atoms with Crippen LogP contribution < -0.4 is 5.11 Å². The second-order valence-corrected chi connectivity index (χ2v) is 14.9. The standard InChI is InChI=1S/C47H77NO8/c1-6-8-10-12-14-16-17-18-19-20-21-22-23-24-25-26-27-28-29-30-32-34-36-38-45(50)56-43(42-55-47(46(51)52)53-40-39-48(3,4)5)41-54-44(49)37-35-33-31-15-13-11-9-7-2/h8,10,14,16,18-19,21-22,24-25,27-28,30,32,43,47H,6-7,9,11-13,15,17,20,23,26,29,31,33-42H2,1-5H3/b10-8-,16-14-,19-18-,22-21-,25-24-,28-27-,32-30-. The van der Waals surface area contributed by atoms with Crippen molar-refractivity contribution in [3.8, 4) is 0 Å². The Bertz CT molecular complexity index is 1190. The number of likely N-dealkylation sites (N-methyl/N-ethyl adjacent to an activating group) is 1. The highest BCUT2D eigenvalue weighted by atomic mass is 16.7. The Morgan fingerprint density at radius 2 is 1.02 bits per heavy atom. The summed E-state index contributed by atoms with van der Waals surface area (Å²) in [6, 6.07) is 0. The van der Waals surface area contributed by atoms with Crippen LogP contribution in [-0.4, -0.2) is 82.3 Å². The minimum absolute atomic E-state index is 0.133. The van der Waals surface area contributed by atoms with E-state index in [9.17, 15) is 19.5 Å². The largest absolute Gasteiger partial charge is 0.545 e. The van der Waals surface area contributed by atoms with Crippen LogP contribution in [0.4, 0.5) is 0 Å². The molecule has 0 spiro atoms. The van der Waals surface area contributed by atoms with E-state index >= 15 is 0 Å². The third-order valence-electron chi connectivity index (χ3n) is 8.41. The van der Waals surface area contributed by atoms with Crippen molar-refractivity contribution >= 4 is 17.9 Å². The first-order valence-electron chi connectivity index (χ1n) is 21.2. The molecule has 0 aliphatic rings. The topological polar surface area (TPSA) is 111 Å². The molecular formula is C47H77NO8. The smallest absolute Gasteiger partial charge is 0.306 e. The summed E-state index contributed by atoms with van der Waals surface area (Å²) in [4.78, 5) is 36.7. The van der Waals surface area contributed by atoms with Gasteiger partial charge in [-0.25, -0.2) is 0 Å². The monoisotopic (exact) mass is 784 g/mol. The SMILES string of the molecule is CC/C=C\C/C=C\C/C=C\C/C=C\C/C=C\C/C=C\C/C=C\CCCC(=O)OC(COC(=O)CCCCCCCCCC)COC(OCC[N+](C)(C)C)C(=O)[O-]. The highest BCUT2D eigenvalue weighted by Crippen LogP contribution is 2.11. The van der Waals surface area contributed by atoms with E-state index in [-0.39, 0.29) is 38.6 Å². The lowest BCUT2D eigenvalue weighted by molar-refractivity contribution is -0.870. The van der Waals surface area contributed by atoms with Crippen LogP contribution in [0.2, 0.25) is 0 Å². The molecule has 0 radical (unpaired) electrons. The maximum atomic E-state index is 12.7. The summed E-state index contributed by atoms with van der Waals surface area (Å²) >= 11 is 0. The van der Waals surface area contributed by atoms with E-state index in [1.54, 1.807) is 0 Å². The predicted octanol–water partition coefficient (Wildman–Crippen LogP) is 9.60. The van der Waals surface area contributed by atoms with Crippen LogP contribution in [0.25, 0.3) is 0 Å². The lowest BCUT2D eigenvalue weighted by Gasteiger charge is -2.26. The zero-order valence-corrected chi connectivity index (χ0v) is 35.7. The zero-order chi connectivity index (χ0) is 41.4. The van der Waals surface area contributed by atoms with E-state index in [0.29, 0.717) is 23.9 Å². The number of esters is 2. The molecule has 0 amide bonds. The van der Waals surface area contributed by atoms with Crippen molar-refractivity contribution in [2.45, 2.75) is 148 Å². The number of unbranched alkanes of at least 4 members (excludes halogenated alkanes) is 8. The molecule has 0 aliphatic heterocycles. The Labute approximate surface area is 340 Å². The highest BCUT2D eigenvalue weighted by molar-refractivity contribution is 5.70. The molecule has 9 nitrogen and oxygen atoms in total. The number of carbonyl (C=O) groups excluding carboxylic acids is 3. The van der Waals surface area contributed by atoms with Gasteiger partial charge < -0.3 is 33.3 Å². The molecule has 0 rings (SSSR count). The fraction of sp³-hybridized carbons (Fsp3) is 0.638. The van der Waals surface area contributed by atoms with Crippen molar-refractivity contribution in [2.75, 3.05) is 47.5 Å². The third kappa shape index (κ3) is 38.7. The van der Waals surface area contributed by atoms with Crippen molar-refractivity contribution in [1.82, 2.24) is 0 Å². The molecule has 0 fully saturated rings. The normalized spacial score (nSPS) is 13.8. The molecule has 0 aromatic carbocycles. The summed E-state index contributed by atoms with van der Waals surface area (Å²) in [5.74, 6) is -2.39. The Morgan fingerprint density at radius 3 is 1.50 bits per heavy atom. The van der Waals surface area contributed by atoms with E-state index in [2.05, 4.69) is 92.8 Å². The average Bonchev–Trinajstić information content (AvgIpc) is 3.15. The number of carboxylic acids is 1. The average molecular weight is 784 g/mol. The zero-order valence-electron chi connectivity index (χ0n) is 35.7. The number of hydrogen-bond acceptors (Lipinski definition) is 8. The number of carboxylic acid groups (broad SMARTS) is 1. The Hall–Kier alpha value is -3.53. The molecule has 0 saturated heterocycles. The minimum Gasteiger partial charge on any atom is -0.545 e. The second kappa shape index (κ2) is 38.3. The van der Waals surface area contributed by atoms with Crippen molar-refractivity contribution in [3.63, 3.8) is 0 Å². The lowest BCUT2D eigenvalue weighted by Crippen LogP contribution is -2.44. The fourth-order valence-electron chi connectivity index (χ4n) is 5.11. The van der Waals surface area contributed by atoms with Gasteiger partial charge in [0.05, 0.1) is 40.3 Å². The summed E-state index contributed by atoms with van der Waals surface area (Å²) < 4.78 is 22.4. The van der Waals surface area contributed by atoms with E-state index in [0.717, 1.165) is 64.2 Å². The van der Waals surface area contributed by atoms with Gasteiger partial charge >= 0.3 is 11.9 Å². The third-order valence-corrected chi connectivity index (χ3v) is 8.41. The summed E-state index contributed by atoms with van der Waals surface area (Å²) in [6.07, 6.45) is 45.0.